The van der Waals surface area contributed by atoms with E-state index in [1.165, 1.54) is 11.3 Å². The molecule has 0 fully saturated rings. The van der Waals surface area contributed by atoms with Crippen molar-refractivity contribution in [1.82, 2.24) is 10.2 Å². The number of hydrogen-bond donors (Lipinski definition) is 1. The summed E-state index contributed by atoms with van der Waals surface area (Å²) in [6.45, 7) is 7.08. The maximum Gasteiger partial charge on any atom is 0.226 e. The van der Waals surface area contributed by atoms with E-state index in [2.05, 4.69) is 22.4 Å². The second kappa shape index (κ2) is 10.2. The maximum atomic E-state index is 12.1. The molecule has 0 saturated carbocycles. The summed E-state index contributed by atoms with van der Waals surface area (Å²) < 4.78 is 12.0. The molecule has 1 amide bonds. The monoisotopic (exact) mass is 381 g/mol. The van der Waals surface area contributed by atoms with Gasteiger partial charge in [-0.15, -0.1) is 10.2 Å². The van der Waals surface area contributed by atoms with Gasteiger partial charge in [-0.2, -0.15) is 0 Å². The molecule has 1 N–H and O–H groups in total. The van der Waals surface area contributed by atoms with E-state index in [1.54, 1.807) is 11.8 Å². The summed E-state index contributed by atoms with van der Waals surface area (Å²) in [5.41, 5.74) is 1.03. The van der Waals surface area contributed by atoms with Crippen LogP contribution in [0.5, 0.6) is 11.5 Å². The quantitative estimate of drug-likeness (QED) is 0.495. The molecule has 25 heavy (non-hydrogen) atoms. The minimum atomic E-state index is -0.0731. The third-order valence-electron chi connectivity index (χ3n) is 3.17. The van der Waals surface area contributed by atoms with Gasteiger partial charge >= 0.3 is 0 Å². The van der Waals surface area contributed by atoms with Gasteiger partial charge in [0.25, 0.3) is 0 Å². The van der Waals surface area contributed by atoms with Crippen LogP contribution >= 0.6 is 23.1 Å². The number of aromatic nitrogens is 2. The minimum Gasteiger partial charge on any atom is -0.490 e. The molecule has 1 aromatic heterocycles. The third kappa shape index (κ3) is 6.21. The predicted octanol–water partition coefficient (Wildman–Crippen LogP) is 4.02. The zero-order valence-corrected chi connectivity index (χ0v) is 16.3. The highest BCUT2D eigenvalue weighted by Gasteiger charge is 2.10. The van der Waals surface area contributed by atoms with E-state index in [4.69, 9.17) is 9.47 Å². The Balaban J connectivity index is 1.90. The van der Waals surface area contributed by atoms with Gasteiger partial charge in [0, 0.05) is 6.42 Å². The molecule has 0 unspecified atom stereocenters. The number of hydrogen-bond acceptors (Lipinski definition) is 7. The topological polar surface area (TPSA) is 73.3 Å². The van der Waals surface area contributed by atoms with E-state index in [0.717, 1.165) is 21.4 Å². The number of thioether (sulfide) groups is 1. The van der Waals surface area contributed by atoms with Crippen LogP contribution in [-0.4, -0.2) is 35.1 Å². The van der Waals surface area contributed by atoms with E-state index < -0.39 is 0 Å². The van der Waals surface area contributed by atoms with E-state index in [0.29, 0.717) is 36.9 Å². The normalized spacial score (nSPS) is 10.5. The second-order valence-electron chi connectivity index (χ2n) is 5.00. The van der Waals surface area contributed by atoms with Crippen molar-refractivity contribution in [2.45, 2.75) is 38.0 Å². The number of nitrogens with zero attached hydrogens (tertiary/aromatic N) is 2. The lowest BCUT2D eigenvalue weighted by molar-refractivity contribution is -0.116. The van der Waals surface area contributed by atoms with Crippen molar-refractivity contribution >= 4 is 34.1 Å². The van der Waals surface area contributed by atoms with Crippen LogP contribution in [0, 0.1) is 0 Å². The number of rotatable bonds is 10. The van der Waals surface area contributed by atoms with Crippen molar-refractivity contribution < 1.29 is 14.3 Å². The summed E-state index contributed by atoms with van der Waals surface area (Å²) in [7, 11) is 0. The fourth-order valence-electron chi connectivity index (χ4n) is 2.13. The highest BCUT2D eigenvalue weighted by molar-refractivity contribution is 8.01. The number of aryl methyl sites for hydroxylation is 1. The van der Waals surface area contributed by atoms with Crippen molar-refractivity contribution in [2.24, 2.45) is 0 Å². The Morgan fingerprint density at radius 1 is 1.16 bits per heavy atom. The van der Waals surface area contributed by atoms with Gasteiger partial charge in [0.1, 0.15) is 0 Å². The fourth-order valence-corrected chi connectivity index (χ4v) is 3.80. The number of carbonyl (C=O) groups is 1. The molecule has 0 saturated heterocycles. The Bertz CT molecular complexity index is 692. The highest BCUT2D eigenvalue weighted by atomic mass is 32.2. The molecular formula is C17H23N3O3S2. The van der Waals surface area contributed by atoms with Gasteiger partial charge in [0.15, 0.2) is 15.8 Å². The lowest BCUT2D eigenvalue weighted by Crippen LogP contribution is -2.12. The van der Waals surface area contributed by atoms with Gasteiger partial charge < -0.3 is 14.8 Å². The van der Waals surface area contributed by atoms with E-state index in [9.17, 15) is 4.79 Å². The van der Waals surface area contributed by atoms with Crippen LogP contribution in [0.15, 0.2) is 22.5 Å². The Morgan fingerprint density at radius 3 is 2.64 bits per heavy atom. The molecular weight excluding hydrogens is 358 g/mol. The largest absolute Gasteiger partial charge is 0.490 e. The molecule has 8 heteroatoms. The SMILES string of the molecule is CCOc1ccc(CCC(=O)Nc2nnc(SCC)s2)cc1OCC. The molecule has 2 aromatic rings. The molecule has 1 aromatic carbocycles. The minimum absolute atomic E-state index is 0.0731. The molecule has 0 aliphatic rings. The average Bonchev–Trinajstić information content (AvgIpc) is 3.03. The molecule has 6 nitrogen and oxygen atoms in total. The van der Waals surface area contributed by atoms with Crippen LogP contribution in [0.1, 0.15) is 32.8 Å². The summed E-state index contributed by atoms with van der Waals surface area (Å²) in [6, 6.07) is 5.78. The molecule has 0 aliphatic heterocycles. The molecule has 0 spiro atoms. The molecule has 136 valence electrons. The molecule has 0 bridgehead atoms. The van der Waals surface area contributed by atoms with Crippen molar-refractivity contribution in [3.8, 4) is 11.5 Å². The first-order valence-corrected chi connectivity index (χ1v) is 10.1. The van der Waals surface area contributed by atoms with Crippen LogP contribution in [-0.2, 0) is 11.2 Å². The number of nitrogens with one attached hydrogen (secondary N) is 1. The number of amides is 1. The highest BCUT2D eigenvalue weighted by Crippen LogP contribution is 2.29. The first-order chi connectivity index (χ1) is 12.2. The number of anilines is 1. The van der Waals surface area contributed by atoms with E-state index in [1.807, 2.05) is 32.0 Å². The number of carbonyl (C=O) groups excluding carboxylic acids is 1. The van der Waals surface area contributed by atoms with Crippen LogP contribution in [0.25, 0.3) is 0 Å². The summed E-state index contributed by atoms with van der Waals surface area (Å²) in [6.07, 6.45) is 0.989. The Morgan fingerprint density at radius 2 is 1.92 bits per heavy atom. The molecule has 2 rings (SSSR count). The summed E-state index contributed by atoms with van der Waals surface area (Å²) in [4.78, 5) is 12.1. The molecule has 0 aliphatic carbocycles. The number of benzene rings is 1. The molecule has 0 atom stereocenters. The Labute approximate surface area is 156 Å². The zero-order chi connectivity index (χ0) is 18.1. The van der Waals surface area contributed by atoms with Crippen LogP contribution in [0.4, 0.5) is 5.13 Å². The predicted molar refractivity (Wildman–Crippen MR) is 102 cm³/mol. The Hall–Kier alpha value is -1.80. The summed E-state index contributed by atoms with van der Waals surface area (Å²) in [5.74, 6) is 2.30. The smallest absolute Gasteiger partial charge is 0.226 e. The van der Waals surface area contributed by atoms with Gasteiger partial charge in [-0.25, -0.2) is 0 Å². The van der Waals surface area contributed by atoms with Crippen molar-refractivity contribution in [3.63, 3.8) is 0 Å². The van der Waals surface area contributed by atoms with Crippen LogP contribution in [0.3, 0.4) is 0 Å². The van der Waals surface area contributed by atoms with Gasteiger partial charge in [-0.3, -0.25) is 4.79 Å². The van der Waals surface area contributed by atoms with Crippen molar-refractivity contribution in [2.75, 3.05) is 24.3 Å². The van der Waals surface area contributed by atoms with E-state index in [-0.39, 0.29) is 5.91 Å². The van der Waals surface area contributed by atoms with E-state index >= 15 is 0 Å². The van der Waals surface area contributed by atoms with Crippen molar-refractivity contribution in [3.05, 3.63) is 23.8 Å². The first-order valence-electron chi connectivity index (χ1n) is 8.30. The fraction of sp³-hybridized carbons (Fsp3) is 0.471. The van der Waals surface area contributed by atoms with Crippen LogP contribution < -0.4 is 14.8 Å². The summed E-state index contributed by atoms with van der Waals surface area (Å²) >= 11 is 3.01. The lowest BCUT2D eigenvalue weighted by Gasteiger charge is -2.12. The maximum absolute atomic E-state index is 12.1. The lowest BCUT2D eigenvalue weighted by atomic mass is 10.1. The summed E-state index contributed by atoms with van der Waals surface area (Å²) in [5, 5.41) is 11.3. The first kappa shape index (κ1) is 19.5. The van der Waals surface area contributed by atoms with Crippen molar-refractivity contribution in [1.29, 1.82) is 0 Å². The standard InChI is InChI=1S/C17H23N3O3S2/c1-4-22-13-9-7-12(11-14(13)23-5-2)8-10-15(21)18-16-19-20-17(25-16)24-6-3/h7,9,11H,4-6,8,10H2,1-3H3,(H,18,19,21). The van der Waals surface area contributed by atoms with Gasteiger partial charge in [-0.1, -0.05) is 36.1 Å². The van der Waals surface area contributed by atoms with Gasteiger partial charge in [0.2, 0.25) is 11.0 Å². The number of ether oxygens (including phenoxy) is 2. The zero-order valence-electron chi connectivity index (χ0n) is 14.7. The Kier molecular flexibility index (Phi) is 8.00. The van der Waals surface area contributed by atoms with Gasteiger partial charge in [0.05, 0.1) is 13.2 Å². The van der Waals surface area contributed by atoms with Gasteiger partial charge in [-0.05, 0) is 43.7 Å². The average molecular weight is 382 g/mol. The third-order valence-corrected chi connectivity index (χ3v) is 5.02. The molecule has 1 heterocycles. The second-order valence-corrected chi connectivity index (χ2v) is 7.49. The van der Waals surface area contributed by atoms with Crippen LogP contribution in [0.2, 0.25) is 0 Å². The molecule has 0 radical (unpaired) electrons.